The van der Waals surface area contributed by atoms with Crippen LogP contribution in [0, 0.1) is 0 Å². The molecule has 0 saturated carbocycles. The SMILES string of the molecule is NC(=O)c1cccnc1N1CCN(C(=O)C2CSCN2)CC1. The quantitative estimate of drug-likeness (QED) is 0.779. The number of thioether (sulfide) groups is 1. The van der Waals surface area contributed by atoms with E-state index in [4.69, 9.17) is 5.73 Å². The molecule has 0 spiro atoms. The Morgan fingerprint density at radius 2 is 2.09 bits per heavy atom. The van der Waals surface area contributed by atoms with Gasteiger partial charge in [0.25, 0.3) is 5.91 Å². The fraction of sp³-hybridized carbons (Fsp3) is 0.500. The van der Waals surface area contributed by atoms with Gasteiger partial charge in [0.1, 0.15) is 5.82 Å². The fourth-order valence-electron chi connectivity index (χ4n) is 2.75. The predicted molar refractivity (Wildman–Crippen MR) is 85.8 cm³/mol. The average molecular weight is 321 g/mol. The molecule has 1 unspecified atom stereocenters. The summed E-state index contributed by atoms with van der Waals surface area (Å²) >= 11 is 1.75. The molecule has 2 aliphatic rings. The summed E-state index contributed by atoms with van der Waals surface area (Å²) in [6, 6.07) is 3.32. The number of piperazine rings is 1. The van der Waals surface area contributed by atoms with Gasteiger partial charge in [-0.3, -0.25) is 14.9 Å². The van der Waals surface area contributed by atoms with Gasteiger partial charge in [-0.05, 0) is 12.1 Å². The molecule has 1 atom stereocenters. The van der Waals surface area contributed by atoms with Crippen LogP contribution in [0.5, 0.6) is 0 Å². The molecule has 2 aliphatic heterocycles. The molecule has 1 aromatic rings. The lowest BCUT2D eigenvalue weighted by Crippen LogP contribution is -2.54. The van der Waals surface area contributed by atoms with Crippen molar-refractivity contribution in [2.75, 3.05) is 42.7 Å². The number of primary amides is 1. The van der Waals surface area contributed by atoms with Crippen LogP contribution in [-0.2, 0) is 4.79 Å². The normalized spacial score (nSPS) is 21.9. The minimum absolute atomic E-state index is 0.0624. The minimum Gasteiger partial charge on any atom is -0.365 e. The number of hydrogen-bond acceptors (Lipinski definition) is 6. The largest absolute Gasteiger partial charge is 0.365 e. The van der Waals surface area contributed by atoms with E-state index in [-0.39, 0.29) is 11.9 Å². The van der Waals surface area contributed by atoms with Crippen LogP contribution in [0.4, 0.5) is 5.82 Å². The molecule has 0 bridgehead atoms. The molecule has 3 heterocycles. The molecule has 0 aliphatic carbocycles. The fourth-order valence-corrected chi connectivity index (χ4v) is 3.69. The van der Waals surface area contributed by atoms with E-state index in [1.807, 2.05) is 9.80 Å². The number of nitrogens with one attached hydrogen (secondary N) is 1. The van der Waals surface area contributed by atoms with Crippen molar-refractivity contribution in [1.29, 1.82) is 0 Å². The van der Waals surface area contributed by atoms with Crippen molar-refractivity contribution < 1.29 is 9.59 Å². The Kier molecular flexibility index (Phi) is 4.49. The van der Waals surface area contributed by atoms with Crippen LogP contribution in [0.3, 0.4) is 0 Å². The second kappa shape index (κ2) is 6.53. The Morgan fingerprint density at radius 3 is 2.73 bits per heavy atom. The molecular formula is C14H19N5O2S. The first-order chi connectivity index (χ1) is 10.7. The highest BCUT2D eigenvalue weighted by Gasteiger charge is 2.30. The van der Waals surface area contributed by atoms with Crippen LogP contribution >= 0.6 is 11.8 Å². The van der Waals surface area contributed by atoms with Crippen LogP contribution in [0.25, 0.3) is 0 Å². The summed E-state index contributed by atoms with van der Waals surface area (Å²) < 4.78 is 0. The minimum atomic E-state index is -0.478. The molecule has 2 saturated heterocycles. The molecule has 7 nitrogen and oxygen atoms in total. The average Bonchev–Trinajstić information content (AvgIpc) is 3.09. The Bertz CT molecular complexity index is 568. The van der Waals surface area contributed by atoms with Crippen LogP contribution in [0.2, 0.25) is 0 Å². The van der Waals surface area contributed by atoms with Crippen molar-refractivity contribution in [2.24, 2.45) is 5.73 Å². The van der Waals surface area contributed by atoms with Gasteiger partial charge in [0.2, 0.25) is 5.91 Å². The summed E-state index contributed by atoms with van der Waals surface area (Å²) in [7, 11) is 0. The maximum atomic E-state index is 12.4. The van der Waals surface area contributed by atoms with Crippen molar-refractivity contribution in [2.45, 2.75) is 6.04 Å². The number of aromatic nitrogens is 1. The zero-order chi connectivity index (χ0) is 15.5. The molecule has 118 valence electrons. The molecule has 2 amide bonds. The number of pyridine rings is 1. The zero-order valence-electron chi connectivity index (χ0n) is 12.2. The van der Waals surface area contributed by atoms with Gasteiger partial charge < -0.3 is 15.5 Å². The van der Waals surface area contributed by atoms with E-state index < -0.39 is 5.91 Å². The van der Waals surface area contributed by atoms with Gasteiger partial charge in [-0.1, -0.05) is 0 Å². The van der Waals surface area contributed by atoms with E-state index in [0.717, 1.165) is 11.6 Å². The third kappa shape index (κ3) is 3.02. The van der Waals surface area contributed by atoms with Crippen molar-refractivity contribution in [3.8, 4) is 0 Å². The van der Waals surface area contributed by atoms with Gasteiger partial charge in [0.05, 0.1) is 11.6 Å². The van der Waals surface area contributed by atoms with E-state index >= 15 is 0 Å². The van der Waals surface area contributed by atoms with E-state index in [1.165, 1.54) is 0 Å². The summed E-state index contributed by atoms with van der Waals surface area (Å²) in [5.41, 5.74) is 5.83. The topological polar surface area (TPSA) is 91.6 Å². The molecule has 1 aromatic heterocycles. The lowest BCUT2D eigenvalue weighted by atomic mass is 10.2. The number of rotatable bonds is 3. The van der Waals surface area contributed by atoms with E-state index in [1.54, 1.807) is 30.1 Å². The van der Waals surface area contributed by atoms with Crippen molar-refractivity contribution in [1.82, 2.24) is 15.2 Å². The lowest BCUT2D eigenvalue weighted by molar-refractivity contribution is -0.132. The van der Waals surface area contributed by atoms with Gasteiger partial charge >= 0.3 is 0 Å². The first-order valence-electron chi connectivity index (χ1n) is 7.26. The third-order valence-corrected chi connectivity index (χ3v) is 4.90. The summed E-state index contributed by atoms with van der Waals surface area (Å²) in [5, 5.41) is 3.21. The summed E-state index contributed by atoms with van der Waals surface area (Å²) in [4.78, 5) is 32.0. The van der Waals surface area contributed by atoms with E-state index in [0.29, 0.717) is 37.6 Å². The lowest BCUT2D eigenvalue weighted by Gasteiger charge is -2.36. The molecule has 0 radical (unpaired) electrons. The molecular weight excluding hydrogens is 302 g/mol. The number of carbonyl (C=O) groups is 2. The van der Waals surface area contributed by atoms with Crippen LogP contribution in [-0.4, -0.2) is 65.5 Å². The smallest absolute Gasteiger partial charge is 0.252 e. The molecule has 2 fully saturated rings. The zero-order valence-corrected chi connectivity index (χ0v) is 13.0. The van der Waals surface area contributed by atoms with Crippen molar-refractivity contribution in [3.05, 3.63) is 23.9 Å². The highest BCUT2D eigenvalue weighted by molar-refractivity contribution is 7.99. The van der Waals surface area contributed by atoms with E-state index in [9.17, 15) is 9.59 Å². The van der Waals surface area contributed by atoms with Crippen molar-refractivity contribution >= 4 is 29.4 Å². The third-order valence-electron chi connectivity index (χ3n) is 3.96. The molecule has 22 heavy (non-hydrogen) atoms. The first kappa shape index (κ1) is 15.1. The molecule has 0 aromatic carbocycles. The van der Waals surface area contributed by atoms with Gasteiger partial charge in [0, 0.05) is 44.0 Å². The number of carbonyl (C=O) groups excluding carboxylic acids is 2. The Morgan fingerprint density at radius 1 is 1.32 bits per heavy atom. The number of amides is 2. The molecule has 3 rings (SSSR count). The van der Waals surface area contributed by atoms with E-state index in [2.05, 4.69) is 10.3 Å². The van der Waals surface area contributed by atoms with Gasteiger partial charge in [-0.2, -0.15) is 0 Å². The molecule has 3 N–H and O–H groups in total. The Balaban J connectivity index is 1.64. The Labute approximate surface area is 133 Å². The first-order valence-corrected chi connectivity index (χ1v) is 8.42. The van der Waals surface area contributed by atoms with Gasteiger partial charge in [-0.15, -0.1) is 11.8 Å². The van der Waals surface area contributed by atoms with Crippen LogP contribution in [0.1, 0.15) is 10.4 Å². The highest BCUT2D eigenvalue weighted by Crippen LogP contribution is 2.19. The van der Waals surface area contributed by atoms with Gasteiger partial charge in [-0.25, -0.2) is 4.98 Å². The van der Waals surface area contributed by atoms with Crippen molar-refractivity contribution in [3.63, 3.8) is 0 Å². The van der Waals surface area contributed by atoms with Gasteiger partial charge in [0.15, 0.2) is 0 Å². The summed E-state index contributed by atoms with van der Waals surface area (Å²) in [6.45, 7) is 2.58. The standard InChI is InChI=1S/C14H19N5O2S/c15-12(20)10-2-1-3-16-13(10)18-4-6-19(7-5-18)14(21)11-8-22-9-17-11/h1-3,11,17H,4-9H2,(H2,15,20). The number of anilines is 1. The maximum Gasteiger partial charge on any atom is 0.252 e. The van der Waals surface area contributed by atoms with Crippen LogP contribution in [0.15, 0.2) is 18.3 Å². The number of hydrogen-bond donors (Lipinski definition) is 2. The second-order valence-electron chi connectivity index (χ2n) is 5.32. The number of nitrogens with two attached hydrogens (primary N) is 1. The molecule has 8 heteroatoms. The monoisotopic (exact) mass is 321 g/mol. The predicted octanol–water partition coefficient (Wildman–Crippen LogP) is -0.508. The Hall–Kier alpha value is -1.80. The highest BCUT2D eigenvalue weighted by atomic mass is 32.2. The number of nitrogens with zero attached hydrogens (tertiary/aromatic N) is 3. The summed E-state index contributed by atoms with van der Waals surface area (Å²) in [5.74, 6) is 1.98. The maximum absolute atomic E-state index is 12.4. The second-order valence-corrected chi connectivity index (χ2v) is 6.35. The summed E-state index contributed by atoms with van der Waals surface area (Å²) in [6.07, 6.45) is 1.65. The van der Waals surface area contributed by atoms with Crippen LogP contribution < -0.4 is 16.0 Å².